The van der Waals surface area contributed by atoms with Crippen molar-refractivity contribution in [1.29, 1.82) is 0 Å². The summed E-state index contributed by atoms with van der Waals surface area (Å²) in [7, 11) is 1.66. The molecule has 0 atom stereocenters. The highest BCUT2D eigenvalue weighted by Gasteiger charge is 2.08. The normalized spacial score (nSPS) is 10.8. The quantitative estimate of drug-likeness (QED) is 0.598. The summed E-state index contributed by atoms with van der Waals surface area (Å²) < 4.78 is 12.4. The predicted octanol–water partition coefficient (Wildman–Crippen LogP) is 5.80. The van der Waals surface area contributed by atoms with E-state index in [2.05, 4.69) is 0 Å². The molecule has 0 unspecified atom stereocenters. The number of benzene rings is 2. The van der Waals surface area contributed by atoms with Gasteiger partial charge in [0.15, 0.2) is 0 Å². The molecule has 0 radical (unpaired) electrons. The van der Waals surface area contributed by atoms with E-state index in [1.54, 1.807) is 30.6 Å². The summed E-state index contributed by atoms with van der Waals surface area (Å²) in [5.74, 6) is 1.57. The molecule has 0 saturated heterocycles. The van der Waals surface area contributed by atoms with Crippen molar-refractivity contribution in [3.63, 3.8) is 0 Å². The molecule has 0 aliphatic heterocycles. The van der Waals surface area contributed by atoms with Crippen LogP contribution in [-0.2, 0) is 6.61 Å². The van der Waals surface area contributed by atoms with E-state index in [1.165, 1.54) is 0 Å². The van der Waals surface area contributed by atoms with Crippen LogP contribution in [-0.4, -0.2) is 7.11 Å². The third-order valence-corrected chi connectivity index (χ3v) is 4.59. The molecule has 0 aliphatic carbocycles. The first kappa shape index (κ1) is 14.5. The number of ether oxygens (including phenoxy) is 2. The number of fused-ring (bicyclic) bond motifs is 1. The largest absolute Gasteiger partial charge is 0.496 e. The molecule has 0 aliphatic rings. The van der Waals surface area contributed by atoms with Gasteiger partial charge in [-0.3, -0.25) is 0 Å². The molecule has 0 fully saturated rings. The summed E-state index contributed by atoms with van der Waals surface area (Å²) in [5.41, 5.74) is 0.895. The van der Waals surface area contributed by atoms with Crippen LogP contribution in [0.1, 0.15) is 5.56 Å². The lowest BCUT2D eigenvalue weighted by Gasteiger charge is -2.10. The van der Waals surface area contributed by atoms with E-state index in [9.17, 15) is 0 Å². The van der Waals surface area contributed by atoms with Crippen molar-refractivity contribution in [2.75, 3.05) is 7.11 Å². The van der Waals surface area contributed by atoms with Gasteiger partial charge in [0.2, 0.25) is 0 Å². The molecule has 1 aromatic heterocycles. The number of hydrogen-bond acceptors (Lipinski definition) is 3. The van der Waals surface area contributed by atoms with Gasteiger partial charge < -0.3 is 9.47 Å². The van der Waals surface area contributed by atoms with Crippen LogP contribution in [0.2, 0.25) is 10.0 Å². The van der Waals surface area contributed by atoms with Gasteiger partial charge in [-0.15, -0.1) is 11.3 Å². The minimum Gasteiger partial charge on any atom is -0.496 e. The SMILES string of the molecule is COc1cc(OCc2ccc(Cl)cc2Cl)cc2sccc12. The lowest BCUT2D eigenvalue weighted by molar-refractivity contribution is 0.304. The fourth-order valence-electron chi connectivity index (χ4n) is 2.07. The van der Waals surface area contributed by atoms with Crippen molar-refractivity contribution < 1.29 is 9.47 Å². The first-order valence-corrected chi connectivity index (χ1v) is 7.93. The van der Waals surface area contributed by atoms with Crippen LogP contribution in [0.3, 0.4) is 0 Å². The Morgan fingerprint density at radius 1 is 1.10 bits per heavy atom. The summed E-state index contributed by atoms with van der Waals surface area (Å²) in [6, 6.07) is 11.3. The first-order chi connectivity index (χ1) is 10.2. The zero-order valence-electron chi connectivity index (χ0n) is 11.2. The molecule has 108 valence electrons. The number of halogens is 2. The lowest BCUT2D eigenvalue weighted by atomic mass is 10.2. The Balaban J connectivity index is 1.84. The molecule has 0 amide bonds. The van der Waals surface area contributed by atoms with E-state index in [0.717, 1.165) is 27.1 Å². The monoisotopic (exact) mass is 338 g/mol. The van der Waals surface area contributed by atoms with Crippen LogP contribution in [0.15, 0.2) is 41.8 Å². The van der Waals surface area contributed by atoms with Crippen LogP contribution in [0.5, 0.6) is 11.5 Å². The van der Waals surface area contributed by atoms with Crippen molar-refractivity contribution in [3.8, 4) is 11.5 Å². The van der Waals surface area contributed by atoms with Crippen molar-refractivity contribution in [2.45, 2.75) is 6.61 Å². The molecule has 2 aromatic carbocycles. The van der Waals surface area contributed by atoms with Gasteiger partial charge in [0.1, 0.15) is 18.1 Å². The van der Waals surface area contributed by atoms with Crippen molar-refractivity contribution in [3.05, 3.63) is 57.4 Å². The van der Waals surface area contributed by atoms with Crippen LogP contribution < -0.4 is 9.47 Å². The Labute approximate surface area is 136 Å². The highest BCUT2D eigenvalue weighted by atomic mass is 35.5. The molecule has 3 aromatic rings. The van der Waals surface area contributed by atoms with Gasteiger partial charge in [0.05, 0.1) is 7.11 Å². The smallest absolute Gasteiger partial charge is 0.131 e. The van der Waals surface area contributed by atoms with E-state index in [0.29, 0.717) is 16.7 Å². The molecule has 2 nitrogen and oxygen atoms in total. The minimum atomic E-state index is 0.385. The highest BCUT2D eigenvalue weighted by molar-refractivity contribution is 7.17. The predicted molar refractivity (Wildman–Crippen MR) is 89.2 cm³/mol. The summed E-state index contributed by atoms with van der Waals surface area (Å²) in [4.78, 5) is 0. The second-order valence-corrected chi connectivity index (χ2v) is 6.27. The van der Waals surface area contributed by atoms with E-state index >= 15 is 0 Å². The van der Waals surface area contributed by atoms with Crippen molar-refractivity contribution >= 4 is 44.6 Å². The number of methoxy groups -OCH3 is 1. The van der Waals surface area contributed by atoms with E-state index in [1.807, 2.05) is 29.6 Å². The third kappa shape index (κ3) is 3.10. The number of rotatable bonds is 4. The van der Waals surface area contributed by atoms with E-state index < -0.39 is 0 Å². The van der Waals surface area contributed by atoms with Crippen LogP contribution in [0.25, 0.3) is 10.1 Å². The Bertz CT molecular complexity index is 783. The lowest BCUT2D eigenvalue weighted by Crippen LogP contribution is -1.96. The standard InChI is InChI=1S/C16H12Cl2O2S/c1-19-15-7-12(8-16-13(15)4-5-21-16)20-9-10-2-3-11(17)6-14(10)18/h2-8H,9H2,1H3. The molecule has 0 N–H and O–H groups in total. The maximum absolute atomic E-state index is 6.14. The fraction of sp³-hybridized carbons (Fsp3) is 0.125. The Hall–Kier alpha value is -1.42. The molecule has 0 saturated carbocycles. The van der Waals surface area contributed by atoms with Gasteiger partial charge in [-0.25, -0.2) is 0 Å². The average molecular weight is 339 g/mol. The van der Waals surface area contributed by atoms with Crippen LogP contribution >= 0.6 is 34.5 Å². The van der Waals surface area contributed by atoms with Gasteiger partial charge in [0.25, 0.3) is 0 Å². The van der Waals surface area contributed by atoms with Gasteiger partial charge in [0, 0.05) is 31.8 Å². The topological polar surface area (TPSA) is 18.5 Å². The highest BCUT2D eigenvalue weighted by Crippen LogP contribution is 2.35. The Morgan fingerprint density at radius 3 is 2.71 bits per heavy atom. The van der Waals surface area contributed by atoms with Gasteiger partial charge in [-0.1, -0.05) is 29.3 Å². The molecule has 0 spiro atoms. The summed E-state index contributed by atoms with van der Waals surface area (Å²) in [6.07, 6.45) is 0. The summed E-state index contributed by atoms with van der Waals surface area (Å²) in [6.45, 7) is 0.385. The minimum absolute atomic E-state index is 0.385. The zero-order chi connectivity index (χ0) is 14.8. The maximum atomic E-state index is 6.14. The molecule has 0 bridgehead atoms. The van der Waals surface area contributed by atoms with E-state index in [4.69, 9.17) is 32.7 Å². The molecular formula is C16H12Cl2O2S. The number of thiophene rings is 1. The summed E-state index contributed by atoms with van der Waals surface area (Å²) in [5, 5.41) is 4.35. The zero-order valence-corrected chi connectivity index (χ0v) is 13.6. The third-order valence-electron chi connectivity index (χ3n) is 3.14. The molecule has 1 heterocycles. The fourth-order valence-corrected chi connectivity index (χ4v) is 3.36. The van der Waals surface area contributed by atoms with Crippen molar-refractivity contribution in [1.82, 2.24) is 0 Å². The molecule has 21 heavy (non-hydrogen) atoms. The van der Waals surface area contributed by atoms with Crippen molar-refractivity contribution in [2.24, 2.45) is 0 Å². The van der Waals surface area contributed by atoms with E-state index in [-0.39, 0.29) is 0 Å². The van der Waals surface area contributed by atoms with Gasteiger partial charge in [-0.2, -0.15) is 0 Å². The molecular weight excluding hydrogens is 327 g/mol. The van der Waals surface area contributed by atoms with Crippen LogP contribution in [0, 0.1) is 0 Å². The average Bonchev–Trinajstić information content (AvgIpc) is 2.93. The number of hydrogen-bond donors (Lipinski definition) is 0. The van der Waals surface area contributed by atoms with Gasteiger partial charge >= 0.3 is 0 Å². The molecule has 3 rings (SSSR count). The Kier molecular flexibility index (Phi) is 4.24. The Morgan fingerprint density at radius 2 is 1.95 bits per heavy atom. The summed E-state index contributed by atoms with van der Waals surface area (Å²) >= 11 is 13.7. The second kappa shape index (κ2) is 6.14. The van der Waals surface area contributed by atoms with Crippen LogP contribution in [0.4, 0.5) is 0 Å². The molecule has 5 heteroatoms. The maximum Gasteiger partial charge on any atom is 0.131 e. The first-order valence-electron chi connectivity index (χ1n) is 6.29. The second-order valence-electron chi connectivity index (χ2n) is 4.48. The van der Waals surface area contributed by atoms with Gasteiger partial charge in [-0.05, 0) is 29.6 Å².